The molecule has 0 aliphatic rings. The van der Waals surface area contributed by atoms with Gasteiger partial charge < -0.3 is 14.8 Å². The third kappa shape index (κ3) is 4.67. The predicted octanol–water partition coefficient (Wildman–Crippen LogP) is 4.23. The largest absolute Gasteiger partial charge is 0.455 e. The van der Waals surface area contributed by atoms with Gasteiger partial charge in [-0.05, 0) is 43.7 Å². The second kappa shape index (κ2) is 8.80. The Labute approximate surface area is 191 Å². The number of benzene rings is 2. The Morgan fingerprint density at radius 3 is 2.55 bits per heavy atom. The van der Waals surface area contributed by atoms with Crippen LogP contribution in [-0.2, 0) is 16.4 Å². The molecule has 8 heteroatoms. The highest BCUT2D eigenvalue weighted by Crippen LogP contribution is 2.31. The van der Waals surface area contributed by atoms with E-state index >= 15 is 0 Å². The molecule has 2 N–H and O–H groups in total. The van der Waals surface area contributed by atoms with Gasteiger partial charge in [-0.25, -0.2) is 13.4 Å². The number of aromatic nitrogens is 1. The van der Waals surface area contributed by atoms with Gasteiger partial charge in [-0.2, -0.15) is 0 Å². The van der Waals surface area contributed by atoms with Gasteiger partial charge in [0.25, 0.3) is 0 Å². The fourth-order valence-corrected chi connectivity index (χ4v) is 4.31. The van der Waals surface area contributed by atoms with Crippen molar-refractivity contribution in [3.05, 3.63) is 87.7 Å². The van der Waals surface area contributed by atoms with E-state index in [4.69, 9.17) is 4.42 Å². The summed E-state index contributed by atoms with van der Waals surface area (Å²) in [6.45, 7) is 3.77. The number of anilines is 1. The molecule has 0 amide bonds. The number of nitrogens with one attached hydrogen (secondary N) is 1. The maximum Gasteiger partial charge on any atom is 0.193 e. The summed E-state index contributed by atoms with van der Waals surface area (Å²) in [6.07, 6.45) is 2.47. The van der Waals surface area contributed by atoms with Crippen molar-refractivity contribution < 1.29 is 17.9 Å². The zero-order valence-corrected chi connectivity index (χ0v) is 19.3. The first-order valence-corrected chi connectivity index (χ1v) is 12.3. The maximum absolute atomic E-state index is 13.0. The molecule has 1 unspecified atom stereocenters. The van der Waals surface area contributed by atoms with Gasteiger partial charge in [0.05, 0.1) is 18.0 Å². The van der Waals surface area contributed by atoms with Gasteiger partial charge in [0.2, 0.25) is 0 Å². The number of hydrogen-bond donors (Lipinski definition) is 2. The number of pyridine rings is 1. The molecule has 2 aromatic heterocycles. The van der Waals surface area contributed by atoms with Gasteiger partial charge in [-0.15, -0.1) is 0 Å². The molecule has 0 aliphatic heterocycles. The van der Waals surface area contributed by atoms with Crippen LogP contribution in [0, 0.1) is 6.92 Å². The zero-order chi connectivity index (χ0) is 23.8. The molecule has 0 saturated heterocycles. The number of rotatable bonds is 6. The van der Waals surface area contributed by atoms with E-state index in [0.717, 1.165) is 28.6 Å². The minimum absolute atomic E-state index is 0.0499. The number of fused-ring (bicyclic) bond motifs is 1. The highest BCUT2D eigenvalue weighted by Gasteiger charge is 2.18. The molecule has 4 rings (SSSR count). The fourth-order valence-electron chi connectivity index (χ4n) is 3.75. The smallest absolute Gasteiger partial charge is 0.193 e. The quantitative estimate of drug-likeness (QED) is 0.439. The SMILES string of the molecule is Cc1cc(C(C)Nc2ccccc2CO)c2oc(-c3ccc(S(C)(=O)=O)nc3)cc(=O)c2c1. The molecule has 170 valence electrons. The van der Waals surface area contributed by atoms with Crippen LogP contribution in [-0.4, -0.2) is 24.8 Å². The Bertz CT molecular complexity index is 1490. The number of sulfone groups is 1. The lowest BCUT2D eigenvalue weighted by atomic mass is 10.0. The lowest BCUT2D eigenvalue weighted by Gasteiger charge is -2.20. The monoisotopic (exact) mass is 464 g/mol. The van der Waals surface area contributed by atoms with Crippen LogP contribution >= 0.6 is 0 Å². The van der Waals surface area contributed by atoms with Crippen LogP contribution in [0.4, 0.5) is 5.69 Å². The maximum atomic E-state index is 13.0. The van der Waals surface area contributed by atoms with Crippen LogP contribution in [0.25, 0.3) is 22.3 Å². The van der Waals surface area contributed by atoms with Crippen molar-refractivity contribution in [2.45, 2.75) is 31.5 Å². The average Bonchev–Trinajstić information content (AvgIpc) is 2.79. The third-order valence-electron chi connectivity index (χ3n) is 5.43. The molecule has 2 aromatic carbocycles. The van der Waals surface area contributed by atoms with E-state index in [-0.39, 0.29) is 23.1 Å². The standard InChI is InChI=1S/C25H24N2O5S/c1-15-10-19(16(2)27-21-7-5-4-6-18(21)14-28)25-20(11-15)22(29)12-23(32-25)17-8-9-24(26-13-17)33(3,30)31/h4-13,16,27-28H,14H2,1-3H3. The summed E-state index contributed by atoms with van der Waals surface area (Å²) in [5.41, 5.74) is 4.00. The molecular weight excluding hydrogens is 440 g/mol. The van der Waals surface area contributed by atoms with Crippen molar-refractivity contribution in [3.63, 3.8) is 0 Å². The molecule has 0 bridgehead atoms. The molecule has 0 aliphatic carbocycles. The van der Waals surface area contributed by atoms with Gasteiger partial charge in [-0.3, -0.25) is 4.79 Å². The topological polar surface area (TPSA) is 110 Å². The summed E-state index contributed by atoms with van der Waals surface area (Å²) in [6, 6.07) is 15.3. The second-order valence-electron chi connectivity index (χ2n) is 8.04. The van der Waals surface area contributed by atoms with Crippen molar-refractivity contribution in [3.8, 4) is 11.3 Å². The number of aliphatic hydroxyl groups excluding tert-OH is 1. The van der Waals surface area contributed by atoms with Crippen molar-refractivity contribution in [2.24, 2.45) is 0 Å². The van der Waals surface area contributed by atoms with Crippen LogP contribution in [0.2, 0.25) is 0 Å². The van der Waals surface area contributed by atoms with Crippen molar-refractivity contribution >= 4 is 26.5 Å². The van der Waals surface area contributed by atoms with E-state index in [1.54, 1.807) is 12.1 Å². The molecule has 7 nitrogen and oxygen atoms in total. The van der Waals surface area contributed by atoms with Crippen molar-refractivity contribution in [1.82, 2.24) is 4.98 Å². The zero-order valence-electron chi connectivity index (χ0n) is 18.5. The summed E-state index contributed by atoms with van der Waals surface area (Å²) in [5.74, 6) is 0.299. The van der Waals surface area contributed by atoms with Gasteiger partial charge in [0, 0.05) is 40.9 Å². The summed E-state index contributed by atoms with van der Waals surface area (Å²) >= 11 is 0. The Balaban J connectivity index is 1.82. The van der Waals surface area contributed by atoms with Crippen molar-refractivity contribution in [1.29, 1.82) is 0 Å². The Morgan fingerprint density at radius 1 is 1.12 bits per heavy atom. The number of aliphatic hydroxyl groups is 1. The van der Waals surface area contributed by atoms with Gasteiger partial charge in [0.1, 0.15) is 11.3 Å². The number of para-hydroxylation sites is 1. The second-order valence-corrected chi connectivity index (χ2v) is 10.0. The highest BCUT2D eigenvalue weighted by molar-refractivity contribution is 7.90. The molecule has 0 fully saturated rings. The normalized spacial score (nSPS) is 12.6. The van der Waals surface area contributed by atoms with Gasteiger partial charge >= 0.3 is 0 Å². The molecule has 0 saturated carbocycles. The minimum Gasteiger partial charge on any atom is -0.455 e. The summed E-state index contributed by atoms with van der Waals surface area (Å²) in [7, 11) is -3.43. The first kappa shape index (κ1) is 22.7. The lowest BCUT2D eigenvalue weighted by Crippen LogP contribution is -2.11. The van der Waals surface area contributed by atoms with Gasteiger partial charge in [0.15, 0.2) is 20.3 Å². The van der Waals surface area contributed by atoms with Crippen LogP contribution in [0.3, 0.4) is 0 Å². The van der Waals surface area contributed by atoms with Crippen LogP contribution < -0.4 is 10.7 Å². The lowest BCUT2D eigenvalue weighted by molar-refractivity contribution is 0.282. The summed E-state index contributed by atoms with van der Waals surface area (Å²) < 4.78 is 29.6. The Morgan fingerprint density at radius 2 is 1.88 bits per heavy atom. The predicted molar refractivity (Wildman–Crippen MR) is 128 cm³/mol. The molecule has 0 radical (unpaired) electrons. The summed E-state index contributed by atoms with van der Waals surface area (Å²) in [5, 5.41) is 13.4. The molecule has 2 heterocycles. The average molecular weight is 465 g/mol. The number of aryl methyl sites for hydroxylation is 1. The summed E-state index contributed by atoms with van der Waals surface area (Å²) in [4.78, 5) is 17.0. The van der Waals surface area contributed by atoms with E-state index in [1.165, 1.54) is 18.3 Å². The van der Waals surface area contributed by atoms with Crippen LogP contribution in [0.15, 0.2) is 75.0 Å². The van der Waals surface area contributed by atoms with E-state index in [1.807, 2.05) is 44.2 Å². The first-order valence-electron chi connectivity index (χ1n) is 10.4. The first-order chi connectivity index (χ1) is 15.7. The Kier molecular flexibility index (Phi) is 6.05. The fraction of sp³-hybridized carbons (Fsp3) is 0.200. The van der Waals surface area contributed by atoms with E-state index in [9.17, 15) is 18.3 Å². The van der Waals surface area contributed by atoms with Crippen LogP contribution in [0.1, 0.15) is 29.7 Å². The molecule has 0 spiro atoms. The van der Waals surface area contributed by atoms with E-state index in [2.05, 4.69) is 10.3 Å². The van der Waals surface area contributed by atoms with E-state index in [0.29, 0.717) is 22.3 Å². The highest BCUT2D eigenvalue weighted by atomic mass is 32.2. The molecule has 1 atom stereocenters. The van der Waals surface area contributed by atoms with E-state index < -0.39 is 9.84 Å². The molecule has 4 aromatic rings. The molecular formula is C25H24N2O5S. The van der Waals surface area contributed by atoms with Gasteiger partial charge in [-0.1, -0.05) is 24.3 Å². The minimum atomic E-state index is -3.43. The Hall–Kier alpha value is -3.49. The third-order valence-corrected chi connectivity index (χ3v) is 6.43. The number of hydrogen-bond acceptors (Lipinski definition) is 7. The number of nitrogens with zero attached hydrogens (tertiary/aromatic N) is 1. The van der Waals surface area contributed by atoms with Crippen molar-refractivity contribution in [2.75, 3.05) is 11.6 Å². The molecule has 33 heavy (non-hydrogen) atoms. The van der Waals surface area contributed by atoms with Crippen LogP contribution in [0.5, 0.6) is 0 Å².